The van der Waals surface area contributed by atoms with Crippen molar-refractivity contribution in [1.82, 2.24) is 4.98 Å². The lowest BCUT2D eigenvalue weighted by Gasteiger charge is -2.13. The highest BCUT2D eigenvalue weighted by atomic mass is 79.9. The Morgan fingerprint density at radius 2 is 2.15 bits per heavy atom. The predicted octanol–water partition coefficient (Wildman–Crippen LogP) is 3.10. The molecule has 6 heteroatoms. The van der Waals surface area contributed by atoms with Gasteiger partial charge in [-0.2, -0.15) is 0 Å². The number of aliphatic hydroxyl groups is 1. The standard InChI is InChI=1S/C14H14BrFN2O2/c1-8-14(20)11(9(7-19)5-17-8)6-18-13-3-2-10(15)4-12(13)16/h2-5,18-20H,6-7H2,1H3. The Bertz CT molecular complexity index is 635. The summed E-state index contributed by atoms with van der Waals surface area (Å²) in [4.78, 5) is 3.98. The van der Waals surface area contributed by atoms with Gasteiger partial charge in [0.15, 0.2) is 0 Å². The highest BCUT2D eigenvalue weighted by Crippen LogP contribution is 2.26. The molecule has 1 aromatic carbocycles. The summed E-state index contributed by atoms with van der Waals surface area (Å²) in [5.41, 5.74) is 1.82. The van der Waals surface area contributed by atoms with Gasteiger partial charge in [0.2, 0.25) is 0 Å². The number of benzene rings is 1. The van der Waals surface area contributed by atoms with Crippen molar-refractivity contribution in [2.75, 3.05) is 5.32 Å². The lowest BCUT2D eigenvalue weighted by molar-refractivity contribution is 0.279. The van der Waals surface area contributed by atoms with Crippen molar-refractivity contribution in [2.45, 2.75) is 20.1 Å². The molecular formula is C14H14BrFN2O2. The molecule has 0 saturated carbocycles. The van der Waals surface area contributed by atoms with Crippen LogP contribution in [-0.4, -0.2) is 15.2 Å². The topological polar surface area (TPSA) is 65.4 Å². The second-order valence-corrected chi connectivity index (χ2v) is 5.25. The first-order valence-electron chi connectivity index (χ1n) is 5.99. The van der Waals surface area contributed by atoms with Crippen LogP contribution in [0, 0.1) is 12.7 Å². The fourth-order valence-corrected chi connectivity index (χ4v) is 2.17. The molecular weight excluding hydrogens is 327 g/mol. The summed E-state index contributed by atoms with van der Waals surface area (Å²) in [6.07, 6.45) is 1.50. The molecule has 0 fully saturated rings. The SMILES string of the molecule is Cc1ncc(CO)c(CNc2ccc(Br)cc2F)c1O. The molecule has 0 spiro atoms. The van der Waals surface area contributed by atoms with Crippen LogP contribution in [-0.2, 0) is 13.2 Å². The Labute approximate surface area is 124 Å². The molecule has 0 aliphatic carbocycles. The lowest BCUT2D eigenvalue weighted by Crippen LogP contribution is -2.06. The van der Waals surface area contributed by atoms with Crippen LogP contribution >= 0.6 is 15.9 Å². The summed E-state index contributed by atoms with van der Waals surface area (Å²) in [7, 11) is 0. The Kier molecular flexibility index (Phi) is 4.57. The number of aliphatic hydroxyl groups excluding tert-OH is 1. The Morgan fingerprint density at radius 1 is 1.40 bits per heavy atom. The van der Waals surface area contributed by atoms with E-state index in [1.54, 1.807) is 19.1 Å². The van der Waals surface area contributed by atoms with Crippen LogP contribution in [0.15, 0.2) is 28.9 Å². The van der Waals surface area contributed by atoms with Gasteiger partial charge in [-0.05, 0) is 25.1 Å². The summed E-state index contributed by atoms with van der Waals surface area (Å²) in [5.74, 6) is -0.378. The molecule has 1 heterocycles. The van der Waals surface area contributed by atoms with Crippen LogP contribution in [0.25, 0.3) is 0 Å². The van der Waals surface area contributed by atoms with E-state index < -0.39 is 5.82 Å². The molecule has 0 amide bonds. The van der Waals surface area contributed by atoms with Gasteiger partial charge in [-0.3, -0.25) is 4.98 Å². The van der Waals surface area contributed by atoms with Crippen molar-refractivity contribution in [3.8, 4) is 5.75 Å². The van der Waals surface area contributed by atoms with Gasteiger partial charge in [0, 0.05) is 28.3 Å². The van der Waals surface area contributed by atoms with Crippen molar-refractivity contribution in [1.29, 1.82) is 0 Å². The fraction of sp³-hybridized carbons (Fsp3) is 0.214. The van der Waals surface area contributed by atoms with E-state index in [4.69, 9.17) is 0 Å². The van der Waals surface area contributed by atoms with Gasteiger partial charge >= 0.3 is 0 Å². The van der Waals surface area contributed by atoms with Gasteiger partial charge in [0.05, 0.1) is 18.0 Å². The number of anilines is 1. The average Bonchev–Trinajstić information content (AvgIpc) is 2.42. The molecule has 20 heavy (non-hydrogen) atoms. The van der Waals surface area contributed by atoms with E-state index in [2.05, 4.69) is 26.2 Å². The summed E-state index contributed by atoms with van der Waals surface area (Å²) < 4.78 is 14.4. The molecule has 1 aromatic heterocycles. The second kappa shape index (κ2) is 6.19. The van der Waals surface area contributed by atoms with Gasteiger partial charge in [0.1, 0.15) is 11.6 Å². The summed E-state index contributed by atoms with van der Waals surface area (Å²) >= 11 is 3.19. The van der Waals surface area contributed by atoms with E-state index in [0.717, 1.165) is 0 Å². The molecule has 4 nitrogen and oxygen atoms in total. The quantitative estimate of drug-likeness (QED) is 0.800. The number of nitrogens with one attached hydrogen (secondary N) is 1. The number of halogens is 2. The Hall–Kier alpha value is -1.66. The summed E-state index contributed by atoms with van der Waals surface area (Å²) in [5, 5.41) is 22.2. The Balaban J connectivity index is 2.24. The lowest BCUT2D eigenvalue weighted by atomic mass is 10.1. The molecule has 2 aromatic rings. The fourth-order valence-electron chi connectivity index (χ4n) is 1.83. The van der Waals surface area contributed by atoms with Gasteiger partial charge < -0.3 is 15.5 Å². The first kappa shape index (κ1) is 14.7. The van der Waals surface area contributed by atoms with Gasteiger partial charge in [-0.15, -0.1) is 0 Å². The highest BCUT2D eigenvalue weighted by molar-refractivity contribution is 9.10. The van der Waals surface area contributed by atoms with E-state index in [0.29, 0.717) is 27.0 Å². The van der Waals surface area contributed by atoms with Crippen molar-refractivity contribution in [2.24, 2.45) is 0 Å². The molecule has 0 bridgehead atoms. The predicted molar refractivity (Wildman–Crippen MR) is 78.0 cm³/mol. The van der Waals surface area contributed by atoms with Crippen LogP contribution in [0.5, 0.6) is 5.75 Å². The molecule has 0 aliphatic heterocycles. The number of pyridine rings is 1. The van der Waals surface area contributed by atoms with Crippen LogP contribution in [0.3, 0.4) is 0 Å². The third kappa shape index (κ3) is 3.08. The maximum atomic E-state index is 13.7. The molecule has 0 radical (unpaired) electrons. The zero-order valence-electron chi connectivity index (χ0n) is 10.8. The van der Waals surface area contributed by atoms with E-state index in [1.807, 2.05) is 0 Å². The third-order valence-electron chi connectivity index (χ3n) is 2.99. The van der Waals surface area contributed by atoms with Gasteiger partial charge in [-0.25, -0.2) is 4.39 Å². The smallest absolute Gasteiger partial charge is 0.147 e. The molecule has 106 valence electrons. The first-order chi connectivity index (χ1) is 9.52. The molecule has 3 N–H and O–H groups in total. The van der Waals surface area contributed by atoms with Crippen LogP contribution in [0.4, 0.5) is 10.1 Å². The average molecular weight is 341 g/mol. The number of aromatic hydroxyl groups is 1. The van der Waals surface area contributed by atoms with Crippen molar-refractivity contribution in [3.63, 3.8) is 0 Å². The molecule has 0 aliphatic rings. The number of hydrogen-bond acceptors (Lipinski definition) is 4. The zero-order chi connectivity index (χ0) is 14.7. The Morgan fingerprint density at radius 3 is 2.80 bits per heavy atom. The number of rotatable bonds is 4. The van der Waals surface area contributed by atoms with E-state index in [1.165, 1.54) is 12.3 Å². The van der Waals surface area contributed by atoms with E-state index >= 15 is 0 Å². The van der Waals surface area contributed by atoms with Gasteiger partial charge in [0.25, 0.3) is 0 Å². The molecule has 2 rings (SSSR count). The van der Waals surface area contributed by atoms with E-state index in [9.17, 15) is 14.6 Å². The maximum absolute atomic E-state index is 13.7. The van der Waals surface area contributed by atoms with Crippen LogP contribution < -0.4 is 5.32 Å². The molecule has 0 saturated heterocycles. The highest BCUT2D eigenvalue weighted by Gasteiger charge is 2.12. The van der Waals surface area contributed by atoms with Gasteiger partial charge in [-0.1, -0.05) is 15.9 Å². The van der Waals surface area contributed by atoms with Crippen molar-refractivity contribution < 1.29 is 14.6 Å². The number of aromatic nitrogens is 1. The normalized spacial score (nSPS) is 10.6. The third-order valence-corrected chi connectivity index (χ3v) is 3.48. The maximum Gasteiger partial charge on any atom is 0.147 e. The number of hydrogen-bond donors (Lipinski definition) is 3. The molecule has 0 atom stereocenters. The largest absolute Gasteiger partial charge is 0.506 e. The summed E-state index contributed by atoms with van der Waals surface area (Å²) in [6.45, 7) is 1.63. The van der Waals surface area contributed by atoms with Crippen LogP contribution in [0.2, 0.25) is 0 Å². The number of aryl methyl sites for hydroxylation is 1. The first-order valence-corrected chi connectivity index (χ1v) is 6.78. The monoisotopic (exact) mass is 340 g/mol. The van der Waals surface area contributed by atoms with Crippen LogP contribution in [0.1, 0.15) is 16.8 Å². The minimum Gasteiger partial charge on any atom is -0.506 e. The minimum absolute atomic E-state index is 0.0153. The second-order valence-electron chi connectivity index (χ2n) is 4.33. The van der Waals surface area contributed by atoms with Crippen molar-refractivity contribution >= 4 is 21.6 Å². The number of nitrogens with zero attached hydrogens (tertiary/aromatic N) is 1. The van der Waals surface area contributed by atoms with E-state index in [-0.39, 0.29) is 18.9 Å². The molecule has 0 unspecified atom stereocenters. The summed E-state index contributed by atoms with van der Waals surface area (Å²) in [6, 6.07) is 4.67. The minimum atomic E-state index is -0.393. The van der Waals surface area contributed by atoms with Crippen molar-refractivity contribution in [3.05, 3.63) is 51.5 Å². The zero-order valence-corrected chi connectivity index (χ0v) is 12.4.